The van der Waals surface area contributed by atoms with Crippen LogP contribution in [0.4, 0.5) is 0 Å². The van der Waals surface area contributed by atoms with E-state index in [2.05, 4.69) is 10.1 Å². The molecule has 0 saturated carbocycles. The molecule has 0 radical (unpaired) electrons. The molecule has 1 rings (SSSR count). The predicted molar refractivity (Wildman–Crippen MR) is 73.3 cm³/mol. The number of hydrogen-bond acceptors (Lipinski definition) is 3. The van der Waals surface area contributed by atoms with Gasteiger partial charge < -0.3 is 14.8 Å². The molecule has 0 unspecified atom stereocenters. The monoisotopic (exact) mass is 253 g/mol. The van der Waals surface area contributed by atoms with Gasteiger partial charge in [0.15, 0.2) is 0 Å². The van der Waals surface area contributed by atoms with E-state index in [1.54, 1.807) is 14.2 Å². The van der Waals surface area contributed by atoms with Crippen molar-refractivity contribution in [2.45, 2.75) is 26.8 Å². The Labute approximate surface area is 109 Å². The number of carbonyl (C=O) groups is 2. The lowest BCUT2D eigenvalue weighted by molar-refractivity contribution is -0.120. The first kappa shape index (κ1) is 18.7. The van der Waals surface area contributed by atoms with Gasteiger partial charge in [-0.1, -0.05) is 37.3 Å². The number of aldehydes is 1. The highest BCUT2D eigenvalue weighted by Gasteiger charge is 1.95. The maximum absolute atomic E-state index is 10.9. The van der Waals surface area contributed by atoms with Gasteiger partial charge in [0.05, 0.1) is 0 Å². The van der Waals surface area contributed by atoms with Crippen LogP contribution in [0.1, 0.15) is 25.8 Å². The fourth-order valence-electron chi connectivity index (χ4n) is 0.922. The maximum Gasteiger partial charge on any atom is 0.219 e. The molecule has 0 aliphatic carbocycles. The molecule has 0 spiro atoms. The molecule has 4 nitrogen and oxygen atoms in total. The highest BCUT2D eigenvalue weighted by Crippen LogP contribution is 1.96. The first-order valence-corrected chi connectivity index (χ1v) is 5.76. The summed E-state index contributed by atoms with van der Waals surface area (Å²) in [6.45, 7) is 3.92. The Hall–Kier alpha value is -1.68. The first-order chi connectivity index (χ1) is 8.65. The molecule has 1 aromatic rings. The van der Waals surface area contributed by atoms with Gasteiger partial charge in [0.2, 0.25) is 5.91 Å². The van der Waals surface area contributed by atoms with E-state index in [1.807, 2.05) is 37.3 Å². The zero-order chi connectivity index (χ0) is 14.2. The Morgan fingerprint density at radius 2 is 1.72 bits per heavy atom. The van der Waals surface area contributed by atoms with Crippen LogP contribution in [0.3, 0.4) is 0 Å². The molecular weight excluding hydrogens is 230 g/mol. The maximum atomic E-state index is 10.9. The van der Waals surface area contributed by atoms with E-state index in [-0.39, 0.29) is 5.91 Å². The van der Waals surface area contributed by atoms with Gasteiger partial charge in [-0.3, -0.25) is 4.79 Å². The molecule has 0 bridgehead atoms. The van der Waals surface area contributed by atoms with Crippen molar-refractivity contribution in [3.05, 3.63) is 35.9 Å². The molecule has 0 saturated heterocycles. The highest BCUT2D eigenvalue weighted by atomic mass is 16.4. The van der Waals surface area contributed by atoms with E-state index in [0.717, 1.165) is 11.8 Å². The molecule has 0 aliphatic heterocycles. The van der Waals surface area contributed by atoms with Crippen LogP contribution >= 0.6 is 0 Å². The summed E-state index contributed by atoms with van der Waals surface area (Å²) in [5.74, 6) is 0.0962. The summed E-state index contributed by atoms with van der Waals surface area (Å²) in [7, 11) is 3.25. The molecule has 0 heterocycles. The van der Waals surface area contributed by atoms with E-state index in [1.165, 1.54) is 6.92 Å². The normalized spacial score (nSPS) is 8.00. The summed E-state index contributed by atoms with van der Waals surface area (Å²) in [5, 5.41) is 2.81. The number of nitrogens with one attached hydrogen (secondary N) is 1. The van der Waals surface area contributed by atoms with Crippen molar-refractivity contribution in [1.29, 1.82) is 0 Å². The van der Waals surface area contributed by atoms with Gasteiger partial charge in [0.1, 0.15) is 6.29 Å². The lowest BCUT2D eigenvalue weighted by Crippen LogP contribution is -2.21. The van der Waals surface area contributed by atoms with Crippen molar-refractivity contribution in [3.8, 4) is 0 Å². The average Bonchev–Trinajstić information content (AvgIpc) is 2.39. The summed E-state index contributed by atoms with van der Waals surface area (Å²) in [4.78, 5) is 19.7. The van der Waals surface area contributed by atoms with Crippen molar-refractivity contribution in [2.75, 3.05) is 14.2 Å². The molecular formula is C14H23NO3. The topological polar surface area (TPSA) is 55.4 Å². The van der Waals surface area contributed by atoms with Gasteiger partial charge >= 0.3 is 0 Å². The minimum Gasteiger partial charge on any atom is -0.388 e. The molecule has 0 atom stereocenters. The van der Waals surface area contributed by atoms with Crippen LogP contribution in [0.2, 0.25) is 0 Å². The molecule has 4 heteroatoms. The largest absolute Gasteiger partial charge is 0.388 e. The Morgan fingerprint density at radius 1 is 1.28 bits per heavy atom. The molecule has 0 aliphatic rings. The summed E-state index contributed by atoms with van der Waals surface area (Å²) >= 11 is 0. The zero-order valence-electron chi connectivity index (χ0n) is 11.6. The van der Waals surface area contributed by atoms with Crippen molar-refractivity contribution in [2.24, 2.45) is 0 Å². The van der Waals surface area contributed by atoms with Gasteiger partial charge in [0.25, 0.3) is 0 Å². The molecule has 0 fully saturated rings. The highest BCUT2D eigenvalue weighted by molar-refractivity contribution is 5.75. The second-order valence-corrected chi connectivity index (χ2v) is 3.26. The number of ether oxygens (including phenoxy) is 1. The van der Waals surface area contributed by atoms with Crippen LogP contribution < -0.4 is 5.32 Å². The lowest BCUT2D eigenvalue weighted by Gasteiger charge is -2.02. The Kier molecular flexibility index (Phi) is 15.9. The second kappa shape index (κ2) is 15.3. The third-order valence-corrected chi connectivity index (χ3v) is 1.65. The zero-order valence-corrected chi connectivity index (χ0v) is 11.6. The summed E-state index contributed by atoms with van der Waals surface area (Å²) < 4.78 is 4.25. The molecule has 1 amide bonds. The SMILES string of the molecule is CC=O.CCC(=O)NCc1ccccc1.COC. The summed E-state index contributed by atoms with van der Waals surface area (Å²) in [5.41, 5.74) is 1.14. The standard InChI is InChI=1S/C10H13NO.C2H6O.C2H4O/c1-2-10(12)11-8-9-6-4-3-5-7-9;1-3-2;1-2-3/h3-7H,2,8H2,1H3,(H,11,12);1-2H3;2H,1H3. The van der Waals surface area contributed by atoms with Gasteiger partial charge in [-0.15, -0.1) is 0 Å². The van der Waals surface area contributed by atoms with Gasteiger partial charge in [-0.2, -0.15) is 0 Å². The predicted octanol–water partition coefficient (Wildman–Crippen LogP) is 2.18. The molecule has 0 aromatic heterocycles. The third kappa shape index (κ3) is 14.3. The number of benzene rings is 1. The molecule has 1 N–H and O–H groups in total. The fourth-order valence-corrected chi connectivity index (χ4v) is 0.922. The van der Waals surface area contributed by atoms with Crippen LogP contribution in [0.5, 0.6) is 0 Å². The van der Waals surface area contributed by atoms with Gasteiger partial charge in [-0.25, -0.2) is 0 Å². The number of hydrogen-bond donors (Lipinski definition) is 1. The number of methoxy groups -OCH3 is 1. The van der Waals surface area contributed by atoms with Crippen molar-refractivity contribution in [3.63, 3.8) is 0 Å². The summed E-state index contributed by atoms with van der Waals surface area (Å²) in [6.07, 6.45) is 1.30. The van der Waals surface area contributed by atoms with E-state index in [4.69, 9.17) is 4.79 Å². The lowest BCUT2D eigenvalue weighted by atomic mass is 10.2. The molecule has 18 heavy (non-hydrogen) atoms. The molecule has 1 aromatic carbocycles. The minimum atomic E-state index is 0.0962. The van der Waals surface area contributed by atoms with Crippen LogP contribution in [-0.2, 0) is 20.9 Å². The number of carbonyl (C=O) groups excluding carboxylic acids is 2. The second-order valence-electron chi connectivity index (χ2n) is 3.26. The van der Waals surface area contributed by atoms with Crippen LogP contribution in [0.15, 0.2) is 30.3 Å². The van der Waals surface area contributed by atoms with Crippen molar-refractivity contribution < 1.29 is 14.3 Å². The van der Waals surface area contributed by atoms with Crippen LogP contribution in [0.25, 0.3) is 0 Å². The first-order valence-electron chi connectivity index (χ1n) is 5.76. The number of rotatable bonds is 3. The van der Waals surface area contributed by atoms with Crippen LogP contribution in [0, 0.1) is 0 Å². The Bertz CT molecular complexity index is 299. The summed E-state index contributed by atoms with van der Waals surface area (Å²) in [6, 6.07) is 9.89. The fraction of sp³-hybridized carbons (Fsp3) is 0.429. The quantitative estimate of drug-likeness (QED) is 0.840. The third-order valence-electron chi connectivity index (χ3n) is 1.65. The van der Waals surface area contributed by atoms with E-state index in [9.17, 15) is 4.79 Å². The molecule has 102 valence electrons. The van der Waals surface area contributed by atoms with Crippen molar-refractivity contribution in [1.82, 2.24) is 5.32 Å². The van der Waals surface area contributed by atoms with E-state index >= 15 is 0 Å². The van der Waals surface area contributed by atoms with E-state index < -0.39 is 0 Å². The van der Waals surface area contributed by atoms with Crippen molar-refractivity contribution >= 4 is 12.2 Å². The smallest absolute Gasteiger partial charge is 0.219 e. The Morgan fingerprint density at radius 3 is 2.11 bits per heavy atom. The Balaban J connectivity index is 0. The van der Waals surface area contributed by atoms with E-state index in [0.29, 0.717) is 13.0 Å². The van der Waals surface area contributed by atoms with Crippen LogP contribution in [-0.4, -0.2) is 26.4 Å². The van der Waals surface area contributed by atoms with Gasteiger partial charge in [-0.05, 0) is 12.5 Å². The van der Waals surface area contributed by atoms with Gasteiger partial charge in [0, 0.05) is 27.2 Å². The minimum absolute atomic E-state index is 0.0962. The number of amides is 1. The average molecular weight is 253 g/mol.